The molecule has 0 spiro atoms. The summed E-state index contributed by atoms with van der Waals surface area (Å²) in [5.74, 6) is 0.00231. The lowest BCUT2D eigenvalue weighted by molar-refractivity contribution is 0.135. The van der Waals surface area contributed by atoms with Gasteiger partial charge >= 0.3 is 0 Å². The minimum Gasteiger partial charge on any atom is -0.481 e. The van der Waals surface area contributed by atoms with Crippen molar-refractivity contribution in [3.63, 3.8) is 0 Å². The molecule has 0 aromatic heterocycles. The molecule has 0 saturated carbocycles. The number of allylic oxidation sites excluding steroid dienone is 1. The van der Waals surface area contributed by atoms with E-state index < -0.39 is 0 Å². The fraction of sp³-hybridized carbons (Fsp3) is 0.600. The van der Waals surface area contributed by atoms with E-state index in [1.165, 1.54) is 7.11 Å². The van der Waals surface area contributed by atoms with Crippen molar-refractivity contribution < 1.29 is 9.84 Å². The van der Waals surface area contributed by atoms with Crippen LogP contribution in [0.5, 0.6) is 0 Å². The van der Waals surface area contributed by atoms with Gasteiger partial charge in [-0.2, -0.15) is 0 Å². The summed E-state index contributed by atoms with van der Waals surface area (Å²) in [4.78, 5) is 0. The molecule has 0 saturated heterocycles. The average Bonchev–Trinajstić information content (AvgIpc) is 1.68. The lowest BCUT2D eigenvalue weighted by Gasteiger charge is -1.91. The van der Waals surface area contributed by atoms with E-state index in [2.05, 4.69) is 4.74 Å². The molecule has 2 nitrogen and oxygen atoms in total. The topological polar surface area (TPSA) is 29.5 Å². The van der Waals surface area contributed by atoms with E-state index in [0.717, 1.165) is 6.42 Å². The summed E-state index contributed by atoms with van der Waals surface area (Å²) < 4.78 is 4.41. The first-order chi connectivity index (χ1) is 3.31. The highest BCUT2D eigenvalue weighted by Crippen LogP contribution is 1.88. The first kappa shape index (κ1) is 6.34. The average molecular weight is 102 g/mol. The highest BCUT2D eigenvalue weighted by Gasteiger charge is 1.80. The van der Waals surface area contributed by atoms with Crippen LogP contribution in [0.25, 0.3) is 0 Å². The molecule has 7 heavy (non-hydrogen) atoms. The van der Waals surface area contributed by atoms with Gasteiger partial charge in [0.15, 0.2) is 0 Å². The van der Waals surface area contributed by atoms with E-state index in [1.807, 2.05) is 6.92 Å². The Morgan fingerprint density at radius 1 is 1.86 bits per heavy atom. The summed E-state index contributed by atoms with van der Waals surface area (Å²) in [6, 6.07) is 0. The van der Waals surface area contributed by atoms with Crippen LogP contribution in [0, 0.1) is 0 Å². The monoisotopic (exact) mass is 102 g/mol. The molecule has 0 aliphatic carbocycles. The molecule has 42 valence electrons. The molecule has 0 aromatic rings. The minimum absolute atomic E-state index is 0.00231. The summed E-state index contributed by atoms with van der Waals surface area (Å²) in [5, 5.41) is 8.50. The van der Waals surface area contributed by atoms with Gasteiger partial charge in [-0.3, -0.25) is 0 Å². The summed E-state index contributed by atoms with van der Waals surface area (Å²) in [6.45, 7) is 1.93. The normalized spacial score (nSPS) is 11.4. The molecular formula is C5H10O2. The van der Waals surface area contributed by atoms with Crippen LogP contribution in [0.4, 0.5) is 0 Å². The zero-order valence-corrected chi connectivity index (χ0v) is 4.64. The van der Waals surface area contributed by atoms with E-state index in [1.54, 1.807) is 6.08 Å². The third kappa shape index (κ3) is 3.16. The van der Waals surface area contributed by atoms with Gasteiger partial charge in [-0.15, -0.1) is 0 Å². The number of rotatable bonds is 2. The highest BCUT2D eigenvalue weighted by molar-refractivity contribution is 4.78. The second kappa shape index (κ2) is 3.53. The number of hydrogen-bond donors (Lipinski definition) is 1. The van der Waals surface area contributed by atoms with Gasteiger partial charge in [0.05, 0.1) is 7.11 Å². The van der Waals surface area contributed by atoms with E-state index in [9.17, 15) is 0 Å². The van der Waals surface area contributed by atoms with Gasteiger partial charge in [0.2, 0.25) is 0 Å². The zero-order valence-electron chi connectivity index (χ0n) is 4.64. The molecule has 0 aliphatic rings. The predicted molar refractivity (Wildman–Crippen MR) is 28.0 cm³/mol. The standard InChI is InChI=1S/C5H10O2/c1-3-4-5(6)7-2/h4,6H,3H2,1-2H3/b5-4+. The van der Waals surface area contributed by atoms with Gasteiger partial charge in [0.25, 0.3) is 5.95 Å². The quantitative estimate of drug-likeness (QED) is 0.534. The van der Waals surface area contributed by atoms with Crippen molar-refractivity contribution in [2.45, 2.75) is 13.3 Å². The molecule has 0 aromatic carbocycles. The van der Waals surface area contributed by atoms with Gasteiger partial charge < -0.3 is 9.84 Å². The van der Waals surface area contributed by atoms with E-state index >= 15 is 0 Å². The van der Waals surface area contributed by atoms with Gasteiger partial charge in [-0.05, 0) is 12.5 Å². The Bertz CT molecular complexity index is 66.5. The van der Waals surface area contributed by atoms with Crippen LogP contribution in [0.1, 0.15) is 13.3 Å². The van der Waals surface area contributed by atoms with Crippen molar-refractivity contribution in [1.29, 1.82) is 0 Å². The van der Waals surface area contributed by atoms with E-state index in [4.69, 9.17) is 5.11 Å². The number of hydrogen-bond acceptors (Lipinski definition) is 2. The fourth-order valence-corrected chi connectivity index (χ4v) is 0.258. The molecule has 2 heteroatoms. The van der Waals surface area contributed by atoms with Gasteiger partial charge in [-0.1, -0.05) is 6.92 Å². The second-order valence-corrected chi connectivity index (χ2v) is 1.15. The van der Waals surface area contributed by atoms with Crippen molar-refractivity contribution in [1.82, 2.24) is 0 Å². The minimum atomic E-state index is 0.00231. The molecule has 0 fully saturated rings. The van der Waals surface area contributed by atoms with Crippen molar-refractivity contribution in [2.75, 3.05) is 7.11 Å². The highest BCUT2D eigenvalue weighted by atomic mass is 16.6. The summed E-state index contributed by atoms with van der Waals surface area (Å²) in [6.07, 6.45) is 2.40. The maximum absolute atomic E-state index is 8.50. The number of aliphatic hydroxyl groups is 1. The molecular weight excluding hydrogens is 92.1 g/mol. The van der Waals surface area contributed by atoms with Crippen LogP contribution in [0.3, 0.4) is 0 Å². The Morgan fingerprint density at radius 3 is 2.57 bits per heavy atom. The van der Waals surface area contributed by atoms with Crippen LogP contribution < -0.4 is 0 Å². The van der Waals surface area contributed by atoms with E-state index in [-0.39, 0.29) is 5.95 Å². The molecule has 0 heterocycles. The molecule has 0 atom stereocenters. The van der Waals surface area contributed by atoms with Crippen LogP contribution in [-0.4, -0.2) is 12.2 Å². The SMILES string of the molecule is CC/C=C(\O)OC. The van der Waals surface area contributed by atoms with Crippen LogP contribution in [0.15, 0.2) is 12.0 Å². The summed E-state index contributed by atoms with van der Waals surface area (Å²) >= 11 is 0. The van der Waals surface area contributed by atoms with Crippen molar-refractivity contribution in [2.24, 2.45) is 0 Å². The summed E-state index contributed by atoms with van der Waals surface area (Å²) in [5.41, 5.74) is 0. The molecule has 0 amide bonds. The third-order valence-electron chi connectivity index (χ3n) is 0.588. The smallest absolute Gasteiger partial charge is 0.272 e. The summed E-state index contributed by atoms with van der Waals surface area (Å²) in [7, 11) is 1.43. The Morgan fingerprint density at radius 2 is 2.43 bits per heavy atom. The predicted octanol–water partition coefficient (Wildman–Crippen LogP) is 1.44. The Balaban J connectivity index is 3.29. The van der Waals surface area contributed by atoms with E-state index in [0.29, 0.717) is 0 Å². The number of methoxy groups -OCH3 is 1. The van der Waals surface area contributed by atoms with Gasteiger partial charge in [0.1, 0.15) is 0 Å². The first-order valence-electron chi connectivity index (χ1n) is 2.24. The maximum atomic E-state index is 8.50. The molecule has 0 bridgehead atoms. The zero-order chi connectivity index (χ0) is 5.70. The fourth-order valence-electron chi connectivity index (χ4n) is 0.258. The maximum Gasteiger partial charge on any atom is 0.272 e. The lowest BCUT2D eigenvalue weighted by atomic mass is 10.5. The first-order valence-corrected chi connectivity index (χ1v) is 2.24. The van der Waals surface area contributed by atoms with Crippen molar-refractivity contribution >= 4 is 0 Å². The van der Waals surface area contributed by atoms with Crippen LogP contribution in [0.2, 0.25) is 0 Å². The molecule has 0 radical (unpaired) electrons. The lowest BCUT2D eigenvalue weighted by Crippen LogP contribution is -1.80. The number of ether oxygens (including phenoxy) is 1. The van der Waals surface area contributed by atoms with Crippen molar-refractivity contribution in [3.8, 4) is 0 Å². The van der Waals surface area contributed by atoms with Crippen LogP contribution in [-0.2, 0) is 4.74 Å². The Hall–Kier alpha value is -0.660. The molecule has 0 aliphatic heterocycles. The Labute approximate surface area is 43.4 Å². The second-order valence-electron chi connectivity index (χ2n) is 1.15. The van der Waals surface area contributed by atoms with Gasteiger partial charge in [-0.25, -0.2) is 0 Å². The van der Waals surface area contributed by atoms with Crippen LogP contribution >= 0.6 is 0 Å². The van der Waals surface area contributed by atoms with Crippen molar-refractivity contribution in [3.05, 3.63) is 12.0 Å². The van der Waals surface area contributed by atoms with Gasteiger partial charge in [0, 0.05) is 0 Å². The molecule has 1 N–H and O–H groups in total. The Kier molecular flexibility index (Phi) is 3.19. The number of aliphatic hydroxyl groups excluding tert-OH is 1. The largest absolute Gasteiger partial charge is 0.481 e. The third-order valence-corrected chi connectivity index (χ3v) is 0.588. The molecule has 0 unspecified atom stereocenters. The molecule has 0 rings (SSSR count).